The van der Waals surface area contributed by atoms with Gasteiger partial charge in [-0.3, -0.25) is 4.90 Å². The summed E-state index contributed by atoms with van der Waals surface area (Å²) in [6.07, 6.45) is 6.75. The molecule has 1 aliphatic rings. The van der Waals surface area contributed by atoms with Gasteiger partial charge in [-0.15, -0.1) is 0 Å². The van der Waals surface area contributed by atoms with Crippen molar-refractivity contribution in [3.05, 3.63) is 0 Å². The van der Waals surface area contributed by atoms with Gasteiger partial charge in [0.2, 0.25) is 0 Å². The number of nitrogens with one attached hydrogen (secondary N) is 1. The Morgan fingerprint density at radius 3 is 2.05 bits per heavy atom. The summed E-state index contributed by atoms with van der Waals surface area (Å²) in [7, 11) is 0. The topological polar surface area (TPSA) is 15.3 Å². The average Bonchev–Trinajstić information content (AvgIpc) is 2.44. The maximum Gasteiger partial charge on any atom is 0.0243 e. The molecule has 19 heavy (non-hydrogen) atoms. The molecule has 1 aliphatic heterocycles. The molecule has 0 aromatic carbocycles. The molecular formula is C17H36N2. The fourth-order valence-electron chi connectivity index (χ4n) is 3.50. The lowest BCUT2D eigenvalue weighted by Crippen LogP contribution is -2.50. The molecule has 0 amide bonds. The van der Waals surface area contributed by atoms with Gasteiger partial charge in [-0.25, -0.2) is 0 Å². The van der Waals surface area contributed by atoms with Crippen molar-refractivity contribution in [2.45, 2.75) is 72.8 Å². The van der Waals surface area contributed by atoms with Crippen LogP contribution in [0.4, 0.5) is 0 Å². The zero-order valence-corrected chi connectivity index (χ0v) is 14.0. The van der Waals surface area contributed by atoms with E-state index in [4.69, 9.17) is 0 Å². The molecule has 2 heteroatoms. The molecule has 0 spiro atoms. The first kappa shape index (κ1) is 17.0. The van der Waals surface area contributed by atoms with Crippen molar-refractivity contribution in [3.8, 4) is 0 Å². The van der Waals surface area contributed by atoms with Crippen LogP contribution in [-0.4, -0.2) is 37.1 Å². The Labute approximate surface area is 121 Å². The van der Waals surface area contributed by atoms with Gasteiger partial charge in [0.15, 0.2) is 0 Å². The third-order valence-electron chi connectivity index (χ3n) is 5.38. The molecular weight excluding hydrogens is 232 g/mol. The van der Waals surface area contributed by atoms with Crippen molar-refractivity contribution in [3.63, 3.8) is 0 Å². The predicted octanol–water partition coefficient (Wildman–Crippen LogP) is 3.91. The highest BCUT2D eigenvalue weighted by Crippen LogP contribution is 2.38. The predicted molar refractivity (Wildman–Crippen MR) is 85.6 cm³/mol. The summed E-state index contributed by atoms with van der Waals surface area (Å²) in [6, 6.07) is 0.721. The van der Waals surface area contributed by atoms with Gasteiger partial charge in [0.05, 0.1) is 0 Å². The molecule has 0 saturated carbocycles. The Balaban J connectivity index is 2.49. The molecule has 114 valence electrons. The van der Waals surface area contributed by atoms with Crippen molar-refractivity contribution in [1.29, 1.82) is 0 Å². The van der Waals surface area contributed by atoms with Gasteiger partial charge in [0.25, 0.3) is 0 Å². The van der Waals surface area contributed by atoms with E-state index in [0.717, 1.165) is 25.0 Å². The summed E-state index contributed by atoms with van der Waals surface area (Å²) in [5, 5.41) is 3.62. The molecule has 1 heterocycles. The Hall–Kier alpha value is -0.0800. The Morgan fingerprint density at radius 1 is 1.05 bits per heavy atom. The smallest absolute Gasteiger partial charge is 0.0243 e. The summed E-state index contributed by atoms with van der Waals surface area (Å²) in [4.78, 5) is 2.75. The van der Waals surface area contributed by atoms with Crippen LogP contribution in [0, 0.1) is 11.3 Å². The molecule has 0 aromatic heterocycles. The maximum atomic E-state index is 3.62. The van der Waals surface area contributed by atoms with Crippen LogP contribution in [-0.2, 0) is 0 Å². The molecule has 1 fully saturated rings. The first-order valence-corrected chi connectivity index (χ1v) is 8.53. The summed E-state index contributed by atoms with van der Waals surface area (Å²) < 4.78 is 0. The van der Waals surface area contributed by atoms with Gasteiger partial charge in [-0.2, -0.15) is 0 Å². The van der Waals surface area contributed by atoms with Crippen molar-refractivity contribution in [2.24, 2.45) is 11.3 Å². The summed E-state index contributed by atoms with van der Waals surface area (Å²) in [5.74, 6) is 0.750. The average molecular weight is 268 g/mol. The zero-order valence-electron chi connectivity index (χ0n) is 14.0. The van der Waals surface area contributed by atoms with Crippen LogP contribution < -0.4 is 5.32 Å². The quantitative estimate of drug-likeness (QED) is 0.671. The van der Waals surface area contributed by atoms with Crippen LogP contribution >= 0.6 is 0 Å². The van der Waals surface area contributed by atoms with Crippen molar-refractivity contribution < 1.29 is 0 Å². The Bertz CT molecular complexity index is 223. The molecule has 1 N–H and O–H groups in total. The van der Waals surface area contributed by atoms with E-state index in [1.54, 1.807) is 0 Å². The maximum absolute atomic E-state index is 3.62. The second-order valence-electron chi connectivity index (χ2n) is 6.76. The number of piperidine rings is 1. The minimum atomic E-state index is 0.648. The lowest BCUT2D eigenvalue weighted by molar-refractivity contribution is 0.0505. The second kappa shape index (κ2) is 8.26. The lowest BCUT2D eigenvalue weighted by Gasteiger charge is -2.45. The van der Waals surface area contributed by atoms with Gasteiger partial charge in [-0.05, 0) is 50.2 Å². The molecule has 0 radical (unpaired) electrons. The van der Waals surface area contributed by atoms with E-state index in [1.165, 1.54) is 45.2 Å². The molecule has 1 rings (SSSR count). The molecule has 2 nitrogen and oxygen atoms in total. The van der Waals surface area contributed by atoms with E-state index in [2.05, 4.69) is 44.8 Å². The van der Waals surface area contributed by atoms with Gasteiger partial charge in [0.1, 0.15) is 0 Å². The van der Waals surface area contributed by atoms with E-state index in [9.17, 15) is 0 Å². The number of likely N-dealkylation sites (tertiary alicyclic amines) is 1. The van der Waals surface area contributed by atoms with Crippen molar-refractivity contribution in [2.75, 3.05) is 26.2 Å². The number of rotatable bonds is 8. The summed E-state index contributed by atoms with van der Waals surface area (Å²) in [6.45, 7) is 16.7. The zero-order chi connectivity index (χ0) is 14.3. The highest BCUT2D eigenvalue weighted by molar-refractivity contribution is 4.88. The van der Waals surface area contributed by atoms with Gasteiger partial charge >= 0.3 is 0 Å². The van der Waals surface area contributed by atoms with E-state index in [0.29, 0.717) is 5.41 Å². The summed E-state index contributed by atoms with van der Waals surface area (Å²) >= 11 is 0. The SMILES string of the molecule is CCCNCC(C(C)C)N1CCC(CC)(CC)CC1. The van der Waals surface area contributed by atoms with E-state index >= 15 is 0 Å². The van der Waals surface area contributed by atoms with Crippen LogP contribution in [0.3, 0.4) is 0 Å². The van der Waals surface area contributed by atoms with Crippen LogP contribution in [0.5, 0.6) is 0 Å². The number of hydrogen-bond donors (Lipinski definition) is 1. The minimum absolute atomic E-state index is 0.648. The summed E-state index contributed by atoms with van der Waals surface area (Å²) in [5.41, 5.74) is 0.648. The van der Waals surface area contributed by atoms with Crippen LogP contribution in [0.25, 0.3) is 0 Å². The first-order chi connectivity index (χ1) is 9.08. The highest BCUT2D eigenvalue weighted by atomic mass is 15.2. The van der Waals surface area contributed by atoms with E-state index in [1.807, 2.05) is 0 Å². The Morgan fingerprint density at radius 2 is 1.63 bits per heavy atom. The highest BCUT2D eigenvalue weighted by Gasteiger charge is 2.34. The fraction of sp³-hybridized carbons (Fsp3) is 1.00. The largest absolute Gasteiger partial charge is 0.315 e. The molecule has 1 unspecified atom stereocenters. The van der Waals surface area contributed by atoms with Crippen LogP contribution in [0.2, 0.25) is 0 Å². The monoisotopic (exact) mass is 268 g/mol. The first-order valence-electron chi connectivity index (χ1n) is 8.53. The van der Waals surface area contributed by atoms with E-state index in [-0.39, 0.29) is 0 Å². The molecule has 1 saturated heterocycles. The normalized spacial score (nSPS) is 21.8. The minimum Gasteiger partial charge on any atom is -0.315 e. The standard InChI is InChI=1S/C17H36N2/c1-6-11-18-14-16(15(4)5)19-12-9-17(7-2,8-3)10-13-19/h15-16,18H,6-14H2,1-5H3. The fourth-order valence-corrected chi connectivity index (χ4v) is 3.50. The van der Waals surface area contributed by atoms with Crippen molar-refractivity contribution in [1.82, 2.24) is 10.2 Å². The van der Waals surface area contributed by atoms with Crippen molar-refractivity contribution >= 4 is 0 Å². The Kier molecular flexibility index (Phi) is 7.38. The van der Waals surface area contributed by atoms with E-state index < -0.39 is 0 Å². The third-order valence-corrected chi connectivity index (χ3v) is 5.38. The van der Waals surface area contributed by atoms with Gasteiger partial charge in [0, 0.05) is 12.6 Å². The molecule has 1 atom stereocenters. The van der Waals surface area contributed by atoms with Gasteiger partial charge < -0.3 is 5.32 Å². The van der Waals surface area contributed by atoms with Gasteiger partial charge in [-0.1, -0.05) is 47.5 Å². The van der Waals surface area contributed by atoms with Crippen LogP contribution in [0.1, 0.15) is 66.7 Å². The second-order valence-corrected chi connectivity index (χ2v) is 6.76. The van der Waals surface area contributed by atoms with Crippen LogP contribution in [0.15, 0.2) is 0 Å². The number of hydrogen-bond acceptors (Lipinski definition) is 2. The lowest BCUT2D eigenvalue weighted by atomic mass is 9.73. The molecule has 0 aliphatic carbocycles. The molecule has 0 bridgehead atoms. The molecule has 0 aromatic rings. The third kappa shape index (κ3) is 4.75. The number of nitrogens with zero attached hydrogens (tertiary/aromatic N) is 1.